The third-order valence-electron chi connectivity index (χ3n) is 4.54. The summed E-state index contributed by atoms with van der Waals surface area (Å²) < 4.78 is 5.19. The van der Waals surface area contributed by atoms with Crippen LogP contribution < -0.4 is 5.32 Å². The van der Waals surface area contributed by atoms with Gasteiger partial charge in [0.2, 0.25) is 0 Å². The molecular formula is C23H20N2O3S. The second-order valence-electron chi connectivity index (χ2n) is 6.71. The first-order valence-corrected chi connectivity index (χ1v) is 10.3. The van der Waals surface area contributed by atoms with E-state index in [-0.39, 0.29) is 11.9 Å². The number of para-hydroxylation sites is 1. The van der Waals surface area contributed by atoms with Crippen LogP contribution in [0.1, 0.15) is 39.8 Å². The van der Waals surface area contributed by atoms with E-state index in [1.54, 1.807) is 24.3 Å². The van der Waals surface area contributed by atoms with Crippen molar-refractivity contribution in [1.29, 1.82) is 0 Å². The molecule has 0 aliphatic rings. The fourth-order valence-electron chi connectivity index (χ4n) is 2.96. The fraction of sp³-hybridized carbons (Fsp3) is 0.174. The minimum Gasteiger partial charge on any atom is -0.462 e. The molecule has 1 amide bonds. The molecule has 0 aliphatic carbocycles. The Hall–Kier alpha value is -3.25. The van der Waals surface area contributed by atoms with Crippen molar-refractivity contribution in [2.45, 2.75) is 19.8 Å². The van der Waals surface area contributed by atoms with Crippen LogP contribution in [0.2, 0.25) is 0 Å². The van der Waals surface area contributed by atoms with Gasteiger partial charge in [0.15, 0.2) is 0 Å². The number of aromatic nitrogens is 1. The molecule has 2 aromatic heterocycles. The second kappa shape index (κ2) is 8.41. The zero-order valence-corrected chi connectivity index (χ0v) is 16.8. The van der Waals surface area contributed by atoms with Crippen LogP contribution in [0.15, 0.2) is 60.7 Å². The molecule has 0 unspecified atom stereocenters. The third-order valence-corrected chi connectivity index (χ3v) is 5.59. The van der Waals surface area contributed by atoms with Gasteiger partial charge in [-0.15, -0.1) is 11.3 Å². The Morgan fingerprint density at radius 2 is 1.83 bits per heavy atom. The summed E-state index contributed by atoms with van der Waals surface area (Å²) in [5.74, 6) is -0.547. The largest absolute Gasteiger partial charge is 0.462 e. The van der Waals surface area contributed by atoms with Crippen molar-refractivity contribution in [2.75, 3.05) is 11.9 Å². The topological polar surface area (TPSA) is 68.3 Å². The number of hydrogen-bond acceptors (Lipinski definition) is 5. The van der Waals surface area contributed by atoms with E-state index in [4.69, 9.17) is 4.74 Å². The van der Waals surface area contributed by atoms with E-state index in [1.807, 2.05) is 43.3 Å². The lowest BCUT2D eigenvalue weighted by Gasteiger charge is -2.06. The number of nitrogens with zero attached hydrogens (tertiary/aromatic N) is 1. The van der Waals surface area contributed by atoms with E-state index in [0.717, 1.165) is 34.0 Å². The Bertz CT molecular complexity index is 1130. The van der Waals surface area contributed by atoms with Gasteiger partial charge < -0.3 is 10.1 Å². The van der Waals surface area contributed by atoms with E-state index in [1.165, 1.54) is 11.3 Å². The first kappa shape index (κ1) is 19.1. The molecule has 29 heavy (non-hydrogen) atoms. The summed E-state index contributed by atoms with van der Waals surface area (Å²) in [5, 5.41) is 4.87. The van der Waals surface area contributed by atoms with Gasteiger partial charge in [-0.3, -0.25) is 4.79 Å². The molecule has 2 heterocycles. The Morgan fingerprint density at radius 3 is 2.62 bits per heavy atom. The molecule has 6 heteroatoms. The number of anilines is 1. The van der Waals surface area contributed by atoms with E-state index in [2.05, 4.69) is 10.3 Å². The standard InChI is InChI=1S/C23H20N2O3S/c1-2-3-12-28-23(27)15-8-10-18(11-9-15)24-21(26)20-14-17-13-16-6-4-5-7-19(16)25-22(17)29-20/h4-11,13-14H,2-3,12H2,1H3,(H,24,26). The van der Waals surface area contributed by atoms with Crippen molar-refractivity contribution >= 4 is 50.0 Å². The lowest BCUT2D eigenvalue weighted by Crippen LogP contribution is -2.10. The SMILES string of the molecule is CCCCOC(=O)c1ccc(NC(=O)c2cc3cc4ccccc4nc3s2)cc1. The molecule has 1 N–H and O–H groups in total. The number of benzene rings is 2. The van der Waals surface area contributed by atoms with Gasteiger partial charge in [-0.2, -0.15) is 0 Å². The molecule has 0 saturated carbocycles. The maximum absolute atomic E-state index is 12.7. The monoisotopic (exact) mass is 404 g/mol. The first-order valence-electron chi connectivity index (χ1n) is 9.52. The normalized spacial score (nSPS) is 10.9. The molecule has 0 bridgehead atoms. The van der Waals surface area contributed by atoms with Crippen molar-refractivity contribution in [3.8, 4) is 0 Å². The van der Waals surface area contributed by atoms with Gasteiger partial charge in [0.1, 0.15) is 4.83 Å². The number of hydrogen-bond donors (Lipinski definition) is 1. The Morgan fingerprint density at radius 1 is 1.03 bits per heavy atom. The molecule has 0 spiro atoms. The minimum absolute atomic E-state index is 0.199. The highest BCUT2D eigenvalue weighted by Crippen LogP contribution is 2.28. The highest BCUT2D eigenvalue weighted by Gasteiger charge is 2.13. The Balaban J connectivity index is 1.47. The Kier molecular flexibility index (Phi) is 5.53. The molecule has 4 rings (SSSR count). The highest BCUT2D eigenvalue weighted by atomic mass is 32.1. The number of esters is 1. The van der Waals surface area contributed by atoms with Crippen molar-refractivity contribution in [1.82, 2.24) is 4.98 Å². The van der Waals surface area contributed by atoms with Gasteiger partial charge in [0.25, 0.3) is 5.91 Å². The van der Waals surface area contributed by atoms with Crippen LogP contribution in [0.3, 0.4) is 0 Å². The fourth-order valence-corrected chi connectivity index (χ4v) is 3.88. The van der Waals surface area contributed by atoms with Gasteiger partial charge in [0, 0.05) is 16.5 Å². The lowest BCUT2D eigenvalue weighted by molar-refractivity contribution is 0.0499. The van der Waals surface area contributed by atoms with E-state index < -0.39 is 0 Å². The number of fused-ring (bicyclic) bond motifs is 2. The summed E-state index contributed by atoms with van der Waals surface area (Å²) in [6.45, 7) is 2.46. The molecule has 4 aromatic rings. The summed E-state index contributed by atoms with van der Waals surface area (Å²) in [4.78, 5) is 30.7. The average molecular weight is 404 g/mol. The van der Waals surface area contributed by atoms with Crippen molar-refractivity contribution in [3.05, 3.63) is 71.1 Å². The number of pyridine rings is 1. The maximum atomic E-state index is 12.7. The quantitative estimate of drug-likeness (QED) is 0.333. The van der Waals surface area contributed by atoms with Gasteiger partial charge in [-0.1, -0.05) is 31.5 Å². The van der Waals surface area contributed by atoms with Crippen LogP contribution in [0, 0.1) is 0 Å². The molecule has 0 radical (unpaired) electrons. The van der Waals surface area contributed by atoms with Gasteiger partial charge >= 0.3 is 5.97 Å². The molecule has 0 atom stereocenters. The first-order chi connectivity index (χ1) is 14.1. The van der Waals surface area contributed by atoms with Gasteiger partial charge in [-0.25, -0.2) is 9.78 Å². The van der Waals surface area contributed by atoms with E-state index in [9.17, 15) is 9.59 Å². The summed E-state index contributed by atoms with van der Waals surface area (Å²) in [6, 6.07) is 18.5. The van der Waals surface area contributed by atoms with Crippen LogP contribution in [-0.2, 0) is 4.74 Å². The number of ether oxygens (including phenoxy) is 1. The molecule has 2 aromatic carbocycles. The third kappa shape index (κ3) is 4.27. The summed E-state index contributed by atoms with van der Waals surface area (Å²) >= 11 is 1.36. The molecule has 0 aliphatic heterocycles. The second-order valence-corrected chi connectivity index (χ2v) is 7.74. The average Bonchev–Trinajstić information content (AvgIpc) is 3.15. The summed E-state index contributed by atoms with van der Waals surface area (Å²) in [7, 11) is 0. The smallest absolute Gasteiger partial charge is 0.338 e. The summed E-state index contributed by atoms with van der Waals surface area (Å²) in [6.07, 6.45) is 1.82. The zero-order valence-electron chi connectivity index (χ0n) is 16.0. The maximum Gasteiger partial charge on any atom is 0.338 e. The lowest BCUT2D eigenvalue weighted by atomic mass is 10.2. The van der Waals surface area contributed by atoms with Crippen molar-refractivity contribution in [3.63, 3.8) is 0 Å². The van der Waals surface area contributed by atoms with E-state index in [0.29, 0.717) is 22.7 Å². The molecule has 0 saturated heterocycles. The van der Waals surface area contributed by atoms with Crippen LogP contribution in [0.5, 0.6) is 0 Å². The minimum atomic E-state index is -0.348. The number of nitrogens with one attached hydrogen (secondary N) is 1. The zero-order chi connectivity index (χ0) is 20.2. The van der Waals surface area contributed by atoms with Crippen LogP contribution >= 0.6 is 11.3 Å². The number of rotatable bonds is 6. The summed E-state index contributed by atoms with van der Waals surface area (Å²) in [5.41, 5.74) is 2.00. The number of carbonyl (C=O) groups excluding carboxylic acids is 2. The van der Waals surface area contributed by atoms with Crippen molar-refractivity contribution in [2.24, 2.45) is 0 Å². The molecule has 0 fully saturated rings. The molecule has 146 valence electrons. The molecular weight excluding hydrogens is 384 g/mol. The highest BCUT2D eigenvalue weighted by molar-refractivity contribution is 7.20. The number of carbonyl (C=O) groups is 2. The Labute approximate surface area is 172 Å². The van der Waals surface area contributed by atoms with Crippen LogP contribution in [0.4, 0.5) is 5.69 Å². The van der Waals surface area contributed by atoms with Crippen LogP contribution in [-0.4, -0.2) is 23.5 Å². The number of amides is 1. The number of thiophene rings is 1. The van der Waals surface area contributed by atoms with Crippen LogP contribution in [0.25, 0.3) is 21.1 Å². The van der Waals surface area contributed by atoms with Crippen molar-refractivity contribution < 1.29 is 14.3 Å². The predicted octanol–water partition coefficient (Wildman–Crippen LogP) is 5.66. The predicted molar refractivity (Wildman–Crippen MR) is 117 cm³/mol. The van der Waals surface area contributed by atoms with Gasteiger partial charge in [-0.05, 0) is 48.9 Å². The van der Waals surface area contributed by atoms with E-state index >= 15 is 0 Å². The van der Waals surface area contributed by atoms with Gasteiger partial charge in [0.05, 0.1) is 22.6 Å². The number of unbranched alkanes of at least 4 members (excludes halogenated alkanes) is 1. The molecule has 5 nitrogen and oxygen atoms in total.